The third kappa shape index (κ3) is 10.8. The quantitative estimate of drug-likeness (QED) is 0.0961. The van der Waals surface area contributed by atoms with Gasteiger partial charge in [-0.15, -0.1) is 0 Å². The molecule has 0 unspecified atom stereocenters. The molecule has 0 saturated heterocycles. The number of carboxylic acid groups (broad SMARTS) is 1. The number of amides is 2. The summed E-state index contributed by atoms with van der Waals surface area (Å²) >= 11 is 0. The molecular weight excluding hydrogens is 604 g/mol. The van der Waals surface area contributed by atoms with Gasteiger partial charge in [0.05, 0.1) is 18.5 Å². The molecule has 0 atom stereocenters. The lowest BCUT2D eigenvalue weighted by molar-refractivity contribution is 0.0594. The second-order valence-electron chi connectivity index (χ2n) is 12.6. The molecule has 2 amide bonds. The third-order valence-corrected chi connectivity index (χ3v) is 6.75. The summed E-state index contributed by atoms with van der Waals surface area (Å²) in [6, 6.07) is 21.9. The predicted molar refractivity (Wildman–Crippen MR) is 178 cm³/mol. The van der Waals surface area contributed by atoms with Gasteiger partial charge in [-0.05, 0) is 23.3 Å². The summed E-state index contributed by atoms with van der Waals surface area (Å²) in [7, 11) is 1.29. The molecule has 0 aliphatic rings. The van der Waals surface area contributed by atoms with Gasteiger partial charge in [-0.2, -0.15) is 0 Å². The van der Waals surface area contributed by atoms with Crippen LogP contribution in [0.2, 0.25) is 0 Å². The van der Waals surface area contributed by atoms with E-state index in [0.29, 0.717) is 11.4 Å². The number of H-pyrrole nitrogens is 2. The second-order valence-corrected chi connectivity index (χ2v) is 12.6. The van der Waals surface area contributed by atoms with Crippen LogP contribution in [0.4, 0.5) is 21.0 Å². The summed E-state index contributed by atoms with van der Waals surface area (Å²) in [4.78, 5) is 52.9. The number of benzene rings is 2. The Morgan fingerprint density at radius 2 is 1.04 bits per heavy atom. The van der Waals surface area contributed by atoms with Crippen molar-refractivity contribution >= 4 is 35.5 Å². The summed E-state index contributed by atoms with van der Waals surface area (Å²) in [6.07, 6.45) is -1.33. The molecule has 250 valence electrons. The van der Waals surface area contributed by atoms with E-state index in [1.807, 2.05) is 102 Å². The normalized spacial score (nSPS) is 11.0. The molecule has 0 fully saturated rings. The molecule has 0 radical (unpaired) electrons. The van der Waals surface area contributed by atoms with Gasteiger partial charge in [0.15, 0.2) is 0 Å². The van der Waals surface area contributed by atoms with Gasteiger partial charge in [0.25, 0.3) is 0 Å². The molecule has 2 aromatic heterocycles. The number of ether oxygens (including phenoxy) is 3. The Balaban J connectivity index is 0.000000256. The first-order valence-electron chi connectivity index (χ1n) is 14.8. The van der Waals surface area contributed by atoms with E-state index in [1.54, 1.807) is 12.1 Å². The van der Waals surface area contributed by atoms with Crippen molar-refractivity contribution in [2.75, 3.05) is 17.7 Å². The van der Waals surface area contributed by atoms with Gasteiger partial charge < -0.3 is 29.3 Å². The standard InChI is InChI=1S/C18H22N2O4.C17H20N2O4/c1-18(2,3)14-10-13(15(20-14)16(21)23-4)19-17(22)24-11-12-8-6-5-7-9-12;1-17(2,3)13-9-12(14(19-13)15(20)21)18-16(22)23-10-11-7-5-4-6-8-11/h5-10,20H,11H2,1-4H3,(H,19,22);4-9,19H,10H2,1-3H3,(H,18,22)(H,20,21). The van der Waals surface area contributed by atoms with Gasteiger partial charge in [-0.3, -0.25) is 10.6 Å². The maximum absolute atomic E-state index is 12.0. The largest absolute Gasteiger partial charge is 0.477 e. The second kappa shape index (κ2) is 15.7. The number of anilines is 2. The molecule has 0 aliphatic carbocycles. The number of aromatic amines is 2. The van der Waals surface area contributed by atoms with E-state index in [2.05, 4.69) is 20.6 Å². The zero-order valence-corrected chi connectivity index (χ0v) is 27.6. The number of hydrogen-bond donors (Lipinski definition) is 5. The molecule has 0 saturated carbocycles. The number of carbonyl (C=O) groups is 4. The van der Waals surface area contributed by atoms with Crippen molar-refractivity contribution in [1.82, 2.24) is 9.97 Å². The van der Waals surface area contributed by atoms with E-state index in [9.17, 15) is 24.3 Å². The number of rotatable bonds is 8. The van der Waals surface area contributed by atoms with Gasteiger partial charge in [-0.1, -0.05) is 102 Å². The van der Waals surface area contributed by atoms with Gasteiger partial charge in [0.2, 0.25) is 0 Å². The van der Waals surface area contributed by atoms with E-state index in [4.69, 9.17) is 14.2 Å². The highest BCUT2D eigenvalue weighted by Gasteiger charge is 2.25. The fraction of sp³-hybridized carbons (Fsp3) is 0.314. The lowest BCUT2D eigenvalue weighted by Gasteiger charge is -2.15. The van der Waals surface area contributed by atoms with Crippen LogP contribution in [0, 0.1) is 0 Å². The summed E-state index contributed by atoms with van der Waals surface area (Å²) in [5, 5.41) is 14.3. The maximum Gasteiger partial charge on any atom is 0.412 e. The third-order valence-electron chi connectivity index (χ3n) is 6.75. The molecule has 47 heavy (non-hydrogen) atoms. The Morgan fingerprint density at radius 3 is 1.40 bits per heavy atom. The Morgan fingerprint density at radius 1 is 0.660 bits per heavy atom. The minimum Gasteiger partial charge on any atom is -0.477 e. The Labute approximate surface area is 273 Å². The number of nitrogens with one attached hydrogen (secondary N) is 4. The van der Waals surface area contributed by atoms with Gasteiger partial charge in [0.1, 0.15) is 24.6 Å². The highest BCUT2D eigenvalue weighted by molar-refractivity contribution is 5.99. The molecule has 0 bridgehead atoms. The molecular formula is C35H42N4O8. The summed E-state index contributed by atoms with van der Waals surface area (Å²) in [6.45, 7) is 12.1. The van der Waals surface area contributed by atoms with Crippen LogP contribution >= 0.6 is 0 Å². The van der Waals surface area contributed by atoms with Crippen molar-refractivity contribution in [2.45, 2.75) is 65.6 Å². The highest BCUT2D eigenvalue weighted by atomic mass is 16.6. The number of aromatic nitrogens is 2. The van der Waals surface area contributed by atoms with Crippen molar-refractivity contribution in [3.63, 3.8) is 0 Å². The molecule has 12 heteroatoms. The van der Waals surface area contributed by atoms with Crippen LogP contribution in [0.15, 0.2) is 72.8 Å². The van der Waals surface area contributed by atoms with Gasteiger partial charge in [0, 0.05) is 22.2 Å². The fourth-order valence-corrected chi connectivity index (χ4v) is 4.08. The lowest BCUT2D eigenvalue weighted by Crippen LogP contribution is -2.15. The number of carbonyl (C=O) groups excluding carboxylic acids is 3. The average molecular weight is 647 g/mol. The minimum absolute atomic E-state index is 0.0633. The predicted octanol–water partition coefficient (Wildman–Crippen LogP) is 7.61. The smallest absolute Gasteiger partial charge is 0.412 e. The molecule has 0 spiro atoms. The van der Waals surface area contributed by atoms with E-state index >= 15 is 0 Å². The fourth-order valence-electron chi connectivity index (χ4n) is 4.08. The first-order valence-corrected chi connectivity index (χ1v) is 14.8. The van der Waals surface area contributed by atoms with E-state index in [1.165, 1.54) is 7.11 Å². The van der Waals surface area contributed by atoms with E-state index < -0.39 is 24.1 Å². The number of aromatic carboxylic acids is 1. The van der Waals surface area contributed by atoms with Gasteiger partial charge >= 0.3 is 24.1 Å². The Hall–Kier alpha value is -5.52. The van der Waals surface area contributed by atoms with E-state index in [-0.39, 0.29) is 41.1 Å². The van der Waals surface area contributed by atoms with Gasteiger partial charge in [-0.25, -0.2) is 19.2 Å². The summed E-state index contributed by atoms with van der Waals surface area (Å²) < 4.78 is 15.0. The van der Waals surface area contributed by atoms with Crippen molar-refractivity contribution in [2.24, 2.45) is 0 Å². The molecule has 2 aromatic carbocycles. The first-order chi connectivity index (χ1) is 22.1. The van der Waals surface area contributed by atoms with Crippen molar-refractivity contribution in [3.05, 3.63) is 107 Å². The maximum atomic E-state index is 12.0. The van der Waals surface area contributed by atoms with E-state index in [0.717, 1.165) is 16.8 Å². The van der Waals surface area contributed by atoms with Crippen LogP contribution in [-0.4, -0.2) is 46.3 Å². The number of hydrogen-bond acceptors (Lipinski definition) is 7. The Kier molecular flexibility index (Phi) is 12.0. The first kappa shape index (κ1) is 36.0. The molecule has 2 heterocycles. The van der Waals surface area contributed by atoms with Crippen molar-refractivity contribution in [1.29, 1.82) is 0 Å². The topological polar surface area (TPSA) is 172 Å². The lowest BCUT2D eigenvalue weighted by atomic mass is 9.92. The monoisotopic (exact) mass is 646 g/mol. The van der Waals surface area contributed by atoms with Crippen molar-refractivity contribution < 1.29 is 38.5 Å². The van der Waals surface area contributed by atoms with Crippen LogP contribution in [0.5, 0.6) is 0 Å². The average Bonchev–Trinajstić information content (AvgIpc) is 3.65. The summed E-state index contributed by atoms with van der Waals surface area (Å²) in [5.41, 5.74) is 3.44. The Bertz CT molecular complexity index is 1660. The van der Waals surface area contributed by atoms with Crippen LogP contribution in [0.1, 0.15) is 85.0 Å². The number of esters is 1. The minimum atomic E-state index is -1.14. The van der Waals surface area contributed by atoms with Crippen LogP contribution in [0.3, 0.4) is 0 Å². The van der Waals surface area contributed by atoms with Crippen LogP contribution in [0.25, 0.3) is 0 Å². The highest BCUT2D eigenvalue weighted by Crippen LogP contribution is 2.28. The van der Waals surface area contributed by atoms with Crippen LogP contribution in [-0.2, 0) is 38.3 Å². The number of methoxy groups -OCH3 is 1. The molecule has 4 rings (SSSR count). The SMILES string of the molecule is CC(C)(C)c1cc(NC(=O)OCc2ccccc2)c(C(=O)O)[nH]1.COC(=O)c1[nH]c(C(C)(C)C)cc1NC(=O)OCc1ccccc1. The number of carboxylic acids is 1. The zero-order valence-electron chi connectivity index (χ0n) is 27.6. The summed E-state index contributed by atoms with van der Waals surface area (Å²) in [5.74, 6) is -1.69. The molecule has 12 nitrogen and oxygen atoms in total. The zero-order chi connectivity index (χ0) is 34.8. The van der Waals surface area contributed by atoms with Crippen molar-refractivity contribution in [3.8, 4) is 0 Å². The van der Waals surface area contributed by atoms with Crippen LogP contribution < -0.4 is 10.6 Å². The molecule has 0 aliphatic heterocycles. The molecule has 4 aromatic rings. The molecule has 5 N–H and O–H groups in total.